The number of hydrogen-bond acceptors (Lipinski definition) is 6. The van der Waals surface area contributed by atoms with Gasteiger partial charge in [-0.3, -0.25) is 13.9 Å². The lowest BCUT2D eigenvalue weighted by Crippen LogP contribution is -2.53. The van der Waals surface area contributed by atoms with Crippen LogP contribution in [0.1, 0.15) is 52.5 Å². The average molecular weight is 566 g/mol. The number of anilines is 1. The van der Waals surface area contributed by atoms with Gasteiger partial charge in [0, 0.05) is 36.1 Å². The first kappa shape index (κ1) is 29.6. The number of hydrogen-bond donors (Lipinski definition) is 1. The van der Waals surface area contributed by atoms with Gasteiger partial charge < -0.3 is 19.7 Å². The third-order valence-electron chi connectivity index (χ3n) is 5.98. The highest BCUT2D eigenvalue weighted by atomic mass is 35.5. The highest BCUT2D eigenvalue weighted by molar-refractivity contribution is 7.92. The van der Waals surface area contributed by atoms with Crippen molar-refractivity contribution in [1.82, 2.24) is 10.2 Å². The average Bonchev–Trinajstić information content (AvgIpc) is 3.28. The molecule has 1 heterocycles. The molecule has 208 valence electrons. The standard InChI is InChI=1S/C27H36ClN3O6S/c1-6-22(26(33)29-27(2,3)4)30(17-19-10-7-8-11-21(19)28)25(32)12-9-15-31(38(5,34)35)20-13-14-23-24(16-20)37-18-36-23/h7-8,10-11,13-14,16,22H,6,9,12,15,17-18H2,1-5H3,(H,29,33)/t22-/m1/s1. The smallest absolute Gasteiger partial charge is 0.243 e. The van der Waals surface area contributed by atoms with Crippen molar-refractivity contribution in [3.63, 3.8) is 0 Å². The van der Waals surface area contributed by atoms with Crippen LogP contribution in [0, 0.1) is 0 Å². The molecule has 0 saturated carbocycles. The van der Waals surface area contributed by atoms with Gasteiger partial charge in [0.05, 0.1) is 11.9 Å². The second kappa shape index (κ2) is 12.3. The Hall–Kier alpha value is -2.98. The summed E-state index contributed by atoms with van der Waals surface area (Å²) in [4.78, 5) is 28.2. The summed E-state index contributed by atoms with van der Waals surface area (Å²) >= 11 is 6.38. The molecule has 0 spiro atoms. The van der Waals surface area contributed by atoms with E-state index in [9.17, 15) is 18.0 Å². The molecule has 38 heavy (non-hydrogen) atoms. The molecule has 2 aromatic rings. The van der Waals surface area contributed by atoms with E-state index >= 15 is 0 Å². The summed E-state index contributed by atoms with van der Waals surface area (Å²) in [5.74, 6) is 0.499. The van der Waals surface area contributed by atoms with Crippen LogP contribution in [0.4, 0.5) is 5.69 Å². The quantitative estimate of drug-likeness (QED) is 0.434. The SMILES string of the molecule is CC[C@H](C(=O)NC(C)(C)C)N(Cc1ccccc1Cl)C(=O)CCCN(c1ccc2c(c1)OCO2)S(C)(=O)=O. The van der Waals surface area contributed by atoms with Gasteiger partial charge in [0.2, 0.25) is 28.6 Å². The van der Waals surface area contributed by atoms with Crippen LogP contribution < -0.4 is 19.1 Å². The Labute approximate surface area is 230 Å². The molecule has 0 aromatic heterocycles. The van der Waals surface area contributed by atoms with Crippen LogP contribution in [-0.4, -0.2) is 56.3 Å². The third-order valence-corrected chi connectivity index (χ3v) is 7.54. The van der Waals surface area contributed by atoms with Gasteiger partial charge in [-0.1, -0.05) is 36.7 Å². The Morgan fingerprint density at radius 1 is 1.11 bits per heavy atom. The minimum Gasteiger partial charge on any atom is -0.454 e. The maximum absolute atomic E-state index is 13.5. The van der Waals surface area contributed by atoms with Crippen molar-refractivity contribution >= 4 is 39.1 Å². The summed E-state index contributed by atoms with van der Waals surface area (Å²) in [6.07, 6.45) is 1.81. The third kappa shape index (κ3) is 7.77. The molecule has 0 saturated heterocycles. The molecule has 1 atom stereocenters. The van der Waals surface area contributed by atoms with Crippen molar-refractivity contribution in [3.8, 4) is 11.5 Å². The van der Waals surface area contributed by atoms with Crippen molar-refractivity contribution in [3.05, 3.63) is 53.1 Å². The van der Waals surface area contributed by atoms with E-state index in [1.165, 1.54) is 9.21 Å². The van der Waals surface area contributed by atoms with Crippen molar-refractivity contribution in [2.75, 3.05) is 23.9 Å². The maximum atomic E-state index is 13.5. The molecule has 1 N–H and O–H groups in total. The number of sulfonamides is 1. The Morgan fingerprint density at radius 2 is 1.79 bits per heavy atom. The van der Waals surface area contributed by atoms with Gasteiger partial charge in [-0.15, -0.1) is 0 Å². The molecule has 0 fully saturated rings. The lowest BCUT2D eigenvalue weighted by Gasteiger charge is -2.33. The number of fused-ring (bicyclic) bond motifs is 1. The van der Waals surface area contributed by atoms with E-state index in [4.69, 9.17) is 21.1 Å². The summed E-state index contributed by atoms with van der Waals surface area (Å²) in [5.41, 5.74) is 0.681. The van der Waals surface area contributed by atoms with Crippen LogP contribution in [0.25, 0.3) is 0 Å². The Morgan fingerprint density at radius 3 is 2.42 bits per heavy atom. The number of benzene rings is 2. The van der Waals surface area contributed by atoms with E-state index in [2.05, 4.69) is 5.32 Å². The van der Waals surface area contributed by atoms with Gasteiger partial charge in [-0.25, -0.2) is 8.42 Å². The van der Waals surface area contributed by atoms with Gasteiger partial charge in [-0.2, -0.15) is 0 Å². The number of nitrogens with one attached hydrogen (secondary N) is 1. The van der Waals surface area contributed by atoms with E-state index in [1.807, 2.05) is 39.8 Å². The lowest BCUT2D eigenvalue weighted by atomic mass is 10.0. The minimum atomic E-state index is -3.63. The fourth-order valence-electron chi connectivity index (χ4n) is 4.23. The Bertz CT molecular complexity index is 1260. The number of nitrogens with zero attached hydrogens (tertiary/aromatic N) is 2. The summed E-state index contributed by atoms with van der Waals surface area (Å²) in [6, 6.07) is 11.4. The van der Waals surface area contributed by atoms with Gasteiger partial charge in [0.15, 0.2) is 11.5 Å². The van der Waals surface area contributed by atoms with Crippen molar-refractivity contribution in [2.45, 2.75) is 65.1 Å². The second-order valence-electron chi connectivity index (χ2n) is 10.3. The Balaban J connectivity index is 1.79. The molecule has 9 nitrogen and oxygen atoms in total. The Kier molecular flexibility index (Phi) is 9.54. The molecule has 2 amide bonds. The zero-order chi connectivity index (χ0) is 28.1. The van der Waals surface area contributed by atoms with Crippen LogP contribution in [-0.2, 0) is 26.2 Å². The van der Waals surface area contributed by atoms with Crippen LogP contribution in [0.3, 0.4) is 0 Å². The van der Waals surface area contributed by atoms with Crippen LogP contribution in [0.2, 0.25) is 5.02 Å². The zero-order valence-corrected chi connectivity index (χ0v) is 24.1. The van der Waals surface area contributed by atoms with Gasteiger partial charge >= 0.3 is 0 Å². The lowest BCUT2D eigenvalue weighted by molar-refractivity contribution is -0.142. The number of rotatable bonds is 11. The summed E-state index contributed by atoms with van der Waals surface area (Å²) < 4.78 is 37.1. The number of carbonyl (C=O) groups is 2. The molecular formula is C27H36ClN3O6S. The first-order chi connectivity index (χ1) is 17.8. The first-order valence-electron chi connectivity index (χ1n) is 12.5. The monoisotopic (exact) mass is 565 g/mol. The first-order valence-corrected chi connectivity index (χ1v) is 14.7. The van der Waals surface area contributed by atoms with E-state index in [0.29, 0.717) is 28.6 Å². The molecule has 0 bridgehead atoms. The summed E-state index contributed by atoms with van der Waals surface area (Å²) in [7, 11) is -3.63. The van der Waals surface area contributed by atoms with Gasteiger partial charge in [-0.05, 0) is 57.4 Å². The minimum absolute atomic E-state index is 0.0420. The molecule has 0 unspecified atom stereocenters. The van der Waals surface area contributed by atoms with Crippen molar-refractivity contribution in [1.29, 1.82) is 0 Å². The molecule has 1 aliphatic heterocycles. The molecule has 2 aromatic carbocycles. The van der Waals surface area contributed by atoms with E-state index in [0.717, 1.165) is 11.8 Å². The largest absolute Gasteiger partial charge is 0.454 e. The molecule has 0 radical (unpaired) electrons. The number of halogens is 1. The number of ether oxygens (including phenoxy) is 2. The molecule has 11 heteroatoms. The van der Waals surface area contributed by atoms with Gasteiger partial charge in [0.1, 0.15) is 6.04 Å². The highest BCUT2D eigenvalue weighted by Gasteiger charge is 2.31. The highest BCUT2D eigenvalue weighted by Crippen LogP contribution is 2.36. The van der Waals surface area contributed by atoms with E-state index in [-0.39, 0.29) is 44.5 Å². The van der Waals surface area contributed by atoms with E-state index in [1.54, 1.807) is 30.3 Å². The number of carbonyl (C=O) groups excluding carboxylic acids is 2. The topological polar surface area (TPSA) is 105 Å². The fraction of sp³-hybridized carbons (Fsp3) is 0.481. The van der Waals surface area contributed by atoms with Crippen LogP contribution in [0.15, 0.2) is 42.5 Å². The zero-order valence-electron chi connectivity index (χ0n) is 22.5. The van der Waals surface area contributed by atoms with Crippen LogP contribution in [0.5, 0.6) is 11.5 Å². The van der Waals surface area contributed by atoms with Crippen molar-refractivity contribution < 1.29 is 27.5 Å². The maximum Gasteiger partial charge on any atom is 0.243 e. The van der Waals surface area contributed by atoms with E-state index < -0.39 is 21.6 Å². The number of amides is 2. The summed E-state index contributed by atoms with van der Waals surface area (Å²) in [6.45, 7) is 7.82. The molecule has 1 aliphatic rings. The predicted molar refractivity (Wildman–Crippen MR) is 148 cm³/mol. The molecule has 3 rings (SSSR count). The predicted octanol–water partition coefficient (Wildman–Crippen LogP) is 4.34. The normalized spacial score (nSPS) is 13.6. The molecule has 0 aliphatic carbocycles. The van der Waals surface area contributed by atoms with Gasteiger partial charge in [0.25, 0.3) is 0 Å². The van der Waals surface area contributed by atoms with Crippen LogP contribution >= 0.6 is 11.6 Å². The van der Waals surface area contributed by atoms with Crippen molar-refractivity contribution in [2.24, 2.45) is 0 Å². The molecular weight excluding hydrogens is 530 g/mol. The second-order valence-corrected chi connectivity index (χ2v) is 12.6. The fourth-order valence-corrected chi connectivity index (χ4v) is 5.38. The summed E-state index contributed by atoms with van der Waals surface area (Å²) in [5, 5.41) is 3.47.